The average Bonchev–Trinajstić information content (AvgIpc) is 3.09. The van der Waals surface area contributed by atoms with Gasteiger partial charge in [0.2, 0.25) is 5.91 Å². The number of benzene rings is 2. The summed E-state index contributed by atoms with van der Waals surface area (Å²) >= 11 is 0. The van der Waals surface area contributed by atoms with E-state index in [0.29, 0.717) is 19.0 Å². The van der Waals surface area contributed by atoms with E-state index in [1.807, 2.05) is 22.8 Å². The van der Waals surface area contributed by atoms with Crippen LogP contribution in [-0.4, -0.2) is 38.1 Å². The number of aromatic nitrogens is 2. The molecule has 0 spiro atoms. The summed E-state index contributed by atoms with van der Waals surface area (Å²) in [6.07, 6.45) is 6.23. The fourth-order valence-corrected chi connectivity index (χ4v) is 4.72. The second-order valence-corrected chi connectivity index (χ2v) is 8.81. The first-order chi connectivity index (χ1) is 15.1. The van der Waals surface area contributed by atoms with Crippen LogP contribution in [-0.2, 0) is 24.3 Å². The summed E-state index contributed by atoms with van der Waals surface area (Å²) < 4.78 is 2.02. The van der Waals surface area contributed by atoms with Gasteiger partial charge in [0.1, 0.15) is 12.4 Å². The van der Waals surface area contributed by atoms with Gasteiger partial charge in [0.25, 0.3) is 0 Å². The lowest BCUT2D eigenvalue weighted by Crippen LogP contribution is -2.42. The Morgan fingerprint density at radius 1 is 1.10 bits per heavy atom. The van der Waals surface area contributed by atoms with Crippen molar-refractivity contribution in [3.8, 4) is 0 Å². The molecule has 5 nitrogen and oxygen atoms in total. The summed E-state index contributed by atoms with van der Waals surface area (Å²) in [7, 11) is 0. The Morgan fingerprint density at radius 3 is 2.52 bits per heavy atom. The van der Waals surface area contributed by atoms with Crippen LogP contribution in [0.25, 0.3) is 11.0 Å². The summed E-state index contributed by atoms with van der Waals surface area (Å²) in [5, 5.41) is 9.57. The zero-order valence-electron chi connectivity index (χ0n) is 18.7. The third-order valence-corrected chi connectivity index (χ3v) is 6.60. The SMILES string of the molecule is Cc1cc2nc(CCO)n(CC(=O)N(Cc3ccccc3)C3CCCCC3)c2cc1C. The molecule has 4 rings (SSSR count). The number of fused-ring (bicyclic) bond motifs is 1. The number of nitrogens with zero attached hydrogens (tertiary/aromatic N) is 3. The van der Waals surface area contributed by atoms with Crippen molar-refractivity contribution in [3.05, 3.63) is 65.0 Å². The van der Waals surface area contributed by atoms with Crippen LogP contribution in [0.2, 0.25) is 0 Å². The molecule has 0 radical (unpaired) electrons. The van der Waals surface area contributed by atoms with Crippen LogP contribution in [0.4, 0.5) is 0 Å². The van der Waals surface area contributed by atoms with Crippen molar-refractivity contribution in [2.75, 3.05) is 6.61 Å². The molecule has 1 fully saturated rings. The highest BCUT2D eigenvalue weighted by atomic mass is 16.3. The molecule has 0 aliphatic heterocycles. The second kappa shape index (κ2) is 9.65. The van der Waals surface area contributed by atoms with Crippen molar-refractivity contribution in [1.82, 2.24) is 14.5 Å². The maximum atomic E-state index is 13.7. The Balaban J connectivity index is 1.66. The fourth-order valence-electron chi connectivity index (χ4n) is 4.72. The molecule has 0 bridgehead atoms. The molecule has 3 aromatic rings. The number of hydrogen-bond acceptors (Lipinski definition) is 3. The van der Waals surface area contributed by atoms with Gasteiger partial charge in [-0.25, -0.2) is 4.98 Å². The third kappa shape index (κ3) is 4.82. The Morgan fingerprint density at radius 2 is 1.81 bits per heavy atom. The van der Waals surface area contributed by atoms with E-state index >= 15 is 0 Å². The lowest BCUT2D eigenvalue weighted by molar-refractivity contribution is -0.135. The minimum absolute atomic E-state index is 0.0197. The van der Waals surface area contributed by atoms with Gasteiger partial charge in [-0.3, -0.25) is 4.79 Å². The lowest BCUT2D eigenvalue weighted by atomic mass is 9.93. The Bertz CT molecular complexity index is 1040. The highest BCUT2D eigenvalue weighted by Gasteiger charge is 2.27. The number of aliphatic hydroxyl groups excluding tert-OH is 1. The largest absolute Gasteiger partial charge is 0.396 e. The van der Waals surface area contributed by atoms with Gasteiger partial charge in [0.05, 0.1) is 17.6 Å². The quantitative estimate of drug-likeness (QED) is 0.611. The number of hydrogen-bond donors (Lipinski definition) is 1. The smallest absolute Gasteiger partial charge is 0.243 e. The van der Waals surface area contributed by atoms with Crippen molar-refractivity contribution in [2.45, 2.75) is 71.5 Å². The van der Waals surface area contributed by atoms with Crippen molar-refractivity contribution in [1.29, 1.82) is 0 Å². The molecular formula is C26H33N3O2. The van der Waals surface area contributed by atoms with E-state index in [2.05, 4.69) is 43.0 Å². The third-order valence-electron chi connectivity index (χ3n) is 6.60. The summed E-state index contributed by atoms with van der Waals surface area (Å²) in [6, 6.07) is 14.8. The van der Waals surface area contributed by atoms with Gasteiger partial charge in [-0.2, -0.15) is 0 Å². The van der Waals surface area contributed by atoms with E-state index in [0.717, 1.165) is 29.7 Å². The zero-order valence-corrected chi connectivity index (χ0v) is 18.7. The van der Waals surface area contributed by atoms with Gasteiger partial charge in [0.15, 0.2) is 0 Å². The molecule has 1 aliphatic carbocycles. The zero-order chi connectivity index (χ0) is 21.8. The number of aliphatic hydroxyl groups is 1. The Kier molecular flexibility index (Phi) is 6.71. The van der Waals surface area contributed by atoms with Crippen molar-refractivity contribution >= 4 is 16.9 Å². The first-order valence-corrected chi connectivity index (χ1v) is 11.5. The van der Waals surface area contributed by atoms with Crippen LogP contribution in [0.3, 0.4) is 0 Å². The maximum Gasteiger partial charge on any atom is 0.243 e. The summed E-state index contributed by atoms with van der Waals surface area (Å²) in [5.74, 6) is 0.909. The Labute approximate surface area is 184 Å². The predicted molar refractivity (Wildman–Crippen MR) is 124 cm³/mol. The van der Waals surface area contributed by atoms with E-state index in [1.165, 1.54) is 36.0 Å². The molecule has 5 heteroatoms. The van der Waals surface area contributed by atoms with Crippen LogP contribution >= 0.6 is 0 Å². The van der Waals surface area contributed by atoms with E-state index in [4.69, 9.17) is 4.98 Å². The molecule has 1 aliphatic rings. The molecule has 164 valence electrons. The summed E-state index contributed by atoms with van der Waals surface area (Å²) in [6.45, 7) is 5.09. The standard InChI is InChI=1S/C26H33N3O2/c1-19-15-23-24(16-20(19)2)29(25(27-23)13-14-30)18-26(31)28(22-11-7-4-8-12-22)17-21-9-5-3-6-10-21/h3,5-6,9-10,15-16,22,30H,4,7-8,11-14,17-18H2,1-2H3. The van der Waals surface area contributed by atoms with E-state index in [9.17, 15) is 9.90 Å². The van der Waals surface area contributed by atoms with Gasteiger partial charge in [-0.15, -0.1) is 0 Å². The molecular weight excluding hydrogens is 386 g/mol. The second-order valence-electron chi connectivity index (χ2n) is 8.81. The normalized spacial score (nSPS) is 14.8. The van der Waals surface area contributed by atoms with Crippen LogP contribution < -0.4 is 0 Å². The maximum absolute atomic E-state index is 13.7. The average molecular weight is 420 g/mol. The molecule has 0 saturated heterocycles. The van der Waals surface area contributed by atoms with E-state index < -0.39 is 0 Å². The van der Waals surface area contributed by atoms with Crippen LogP contribution in [0, 0.1) is 13.8 Å². The minimum Gasteiger partial charge on any atom is -0.396 e. The van der Waals surface area contributed by atoms with Gasteiger partial charge in [-0.1, -0.05) is 49.6 Å². The van der Waals surface area contributed by atoms with Gasteiger partial charge < -0.3 is 14.6 Å². The number of carbonyl (C=O) groups excluding carboxylic acids is 1. The number of aryl methyl sites for hydroxylation is 2. The molecule has 31 heavy (non-hydrogen) atoms. The first kappa shape index (κ1) is 21.6. The molecule has 1 saturated carbocycles. The van der Waals surface area contributed by atoms with Gasteiger partial charge in [-0.05, 0) is 55.5 Å². The lowest BCUT2D eigenvalue weighted by Gasteiger charge is -2.35. The summed E-state index contributed by atoms with van der Waals surface area (Å²) in [5.41, 5.74) is 5.41. The minimum atomic E-state index is 0.0197. The first-order valence-electron chi connectivity index (χ1n) is 11.5. The number of carbonyl (C=O) groups is 1. The molecule has 2 aromatic carbocycles. The highest BCUT2D eigenvalue weighted by Crippen LogP contribution is 2.26. The van der Waals surface area contributed by atoms with Crippen molar-refractivity contribution in [2.24, 2.45) is 0 Å². The fraction of sp³-hybridized carbons (Fsp3) is 0.462. The van der Waals surface area contributed by atoms with Crippen LogP contribution in [0.5, 0.6) is 0 Å². The summed E-state index contributed by atoms with van der Waals surface area (Å²) in [4.78, 5) is 20.5. The van der Waals surface area contributed by atoms with Gasteiger partial charge >= 0.3 is 0 Å². The predicted octanol–water partition coefficient (Wildman–Crippen LogP) is 4.55. The van der Waals surface area contributed by atoms with Crippen molar-refractivity contribution in [3.63, 3.8) is 0 Å². The molecule has 0 unspecified atom stereocenters. The van der Waals surface area contributed by atoms with E-state index in [1.54, 1.807) is 0 Å². The van der Waals surface area contributed by atoms with Crippen LogP contribution in [0.15, 0.2) is 42.5 Å². The topological polar surface area (TPSA) is 58.4 Å². The molecule has 0 atom stereocenters. The van der Waals surface area contributed by atoms with Gasteiger partial charge in [0, 0.05) is 19.0 Å². The molecule has 1 amide bonds. The number of rotatable bonds is 7. The molecule has 1 N–H and O–H groups in total. The number of amides is 1. The highest BCUT2D eigenvalue weighted by molar-refractivity contribution is 5.82. The monoisotopic (exact) mass is 419 g/mol. The Hall–Kier alpha value is -2.66. The molecule has 1 heterocycles. The van der Waals surface area contributed by atoms with Crippen molar-refractivity contribution < 1.29 is 9.90 Å². The molecule has 1 aromatic heterocycles. The van der Waals surface area contributed by atoms with Crippen LogP contribution in [0.1, 0.15) is 54.6 Å². The van der Waals surface area contributed by atoms with E-state index in [-0.39, 0.29) is 19.1 Å². The number of imidazole rings is 1.